The summed E-state index contributed by atoms with van der Waals surface area (Å²) < 4.78 is 30.7. The molecule has 7 heteroatoms. The van der Waals surface area contributed by atoms with E-state index < -0.39 is 15.3 Å². The van der Waals surface area contributed by atoms with Gasteiger partial charge in [0.1, 0.15) is 5.25 Å². The molecule has 0 bridgehead atoms. The molecule has 0 radical (unpaired) electrons. The first-order chi connectivity index (χ1) is 6.81. The molecule has 0 aliphatic rings. The van der Waals surface area contributed by atoms with Gasteiger partial charge in [0.25, 0.3) is 0 Å². The standard InChI is InChI=1S/C8H18N2O3S2/c1-4-13-6(2)5-10-15(11,12)7(3)8(9)14/h6-7,10H,4-5H2,1-3H3,(H2,9,14). The van der Waals surface area contributed by atoms with E-state index in [1.165, 1.54) is 6.92 Å². The average Bonchev–Trinajstić information content (AvgIpc) is 2.14. The summed E-state index contributed by atoms with van der Waals surface area (Å²) in [4.78, 5) is -0.0356. The molecule has 0 rings (SSSR count). The van der Waals surface area contributed by atoms with Crippen LogP contribution in [0.5, 0.6) is 0 Å². The number of hydrogen-bond donors (Lipinski definition) is 2. The van der Waals surface area contributed by atoms with Crippen molar-refractivity contribution in [3.05, 3.63) is 0 Å². The number of sulfonamides is 1. The Hall–Kier alpha value is -0.240. The van der Waals surface area contributed by atoms with Crippen molar-refractivity contribution >= 4 is 27.2 Å². The van der Waals surface area contributed by atoms with Crippen LogP contribution < -0.4 is 10.5 Å². The second-order valence-electron chi connectivity index (χ2n) is 3.20. The SMILES string of the molecule is CCOC(C)CNS(=O)(=O)C(C)C(N)=S. The number of nitrogens with one attached hydrogen (secondary N) is 1. The molecular formula is C8H18N2O3S2. The van der Waals surface area contributed by atoms with Gasteiger partial charge in [0, 0.05) is 13.2 Å². The highest BCUT2D eigenvalue weighted by Crippen LogP contribution is 1.99. The smallest absolute Gasteiger partial charge is 0.220 e. The molecule has 5 nitrogen and oxygen atoms in total. The van der Waals surface area contributed by atoms with Crippen molar-refractivity contribution in [3.8, 4) is 0 Å². The highest BCUT2D eigenvalue weighted by atomic mass is 32.2. The minimum Gasteiger partial charge on any atom is -0.392 e. The fourth-order valence-corrected chi connectivity index (χ4v) is 2.26. The van der Waals surface area contributed by atoms with Crippen molar-refractivity contribution in [3.63, 3.8) is 0 Å². The molecule has 2 unspecified atom stereocenters. The molecule has 3 N–H and O–H groups in total. The molecule has 15 heavy (non-hydrogen) atoms. The van der Waals surface area contributed by atoms with Crippen LogP contribution in [-0.4, -0.2) is 37.9 Å². The van der Waals surface area contributed by atoms with Crippen LogP contribution in [0.3, 0.4) is 0 Å². The highest BCUT2D eigenvalue weighted by molar-refractivity contribution is 7.93. The molecule has 0 amide bonds. The third-order valence-corrected chi connectivity index (χ3v) is 4.15. The van der Waals surface area contributed by atoms with Crippen molar-refractivity contribution < 1.29 is 13.2 Å². The fourth-order valence-electron chi connectivity index (χ4n) is 0.855. The van der Waals surface area contributed by atoms with Crippen LogP contribution in [-0.2, 0) is 14.8 Å². The Morgan fingerprint density at radius 1 is 1.53 bits per heavy atom. The van der Waals surface area contributed by atoms with E-state index in [9.17, 15) is 8.42 Å². The van der Waals surface area contributed by atoms with Gasteiger partial charge in [-0.05, 0) is 20.8 Å². The Morgan fingerprint density at radius 3 is 2.47 bits per heavy atom. The van der Waals surface area contributed by atoms with E-state index in [1.54, 1.807) is 6.92 Å². The Bertz CT molecular complexity index is 303. The van der Waals surface area contributed by atoms with Crippen LogP contribution in [0.2, 0.25) is 0 Å². The molecule has 0 heterocycles. The maximum Gasteiger partial charge on any atom is 0.220 e. The second kappa shape index (κ2) is 6.37. The van der Waals surface area contributed by atoms with Gasteiger partial charge in [-0.1, -0.05) is 12.2 Å². The van der Waals surface area contributed by atoms with Gasteiger partial charge >= 0.3 is 0 Å². The number of ether oxygens (including phenoxy) is 1. The van der Waals surface area contributed by atoms with Gasteiger partial charge in [0.15, 0.2) is 0 Å². The van der Waals surface area contributed by atoms with Gasteiger partial charge in [0.2, 0.25) is 10.0 Å². The van der Waals surface area contributed by atoms with Gasteiger partial charge < -0.3 is 10.5 Å². The van der Waals surface area contributed by atoms with Crippen LogP contribution >= 0.6 is 12.2 Å². The molecule has 0 saturated heterocycles. The van der Waals surface area contributed by atoms with Crippen LogP contribution in [0, 0.1) is 0 Å². The molecule has 0 aromatic carbocycles. The maximum atomic E-state index is 11.5. The normalized spacial score (nSPS) is 15.9. The zero-order chi connectivity index (χ0) is 12.1. The molecule has 0 aromatic heterocycles. The molecule has 0 spiro atoms. The number of thiocarbonyl (C=S) groups is 1. The first-order valence-corrected chi connectivity index (χ1v) is 6.66. The summed E-state index contributed by atoms with van der Waals surface area (Å²) in [5.74, 6) is 0. The summed E-state index contributed by atoms with van der Waals surface area (Å²) in [7, 11) is -3.47. The largest absolute Gasteiger partial charge is 0.392 e. The summed E-state index contributed by atoms with van der Waals surface area (Å²) in [5, 5.41) is -0.860. The van der Waals surface area contributed by atoms with Gasteiger partial charge in [-0.15, -0.1) is 0 Å². The van der Waals surface area contributed by atoms with Crippen molar-refractivity contribution in [1.82, 2.24) is 4.72 Å². The zero-order valence-electron chi connectivity index (χ0n) is 9.19. The maximum absolute atomic E-state index is 11.5. The monoisotopic (exact) mass is 254 g/mol. The molecule has 0 aliphatic carbocycles. The minimum atomic E-state index is -3.47. The topological polar surface area (TPSA) is 81.4 Å². The summed E-state index contributed by atoms with van der Waals surface area (Å²) >= 11 is 4.62. The van der Waals surface area contributed by atoms with E-state index in [4.69, 9.17) is 10.5 Å². The van der Waals surface area contributed by atoms with Crippen molar-refractivity contribution in [1.29, 1.82) is 0 Å². The lowest BCUT2D eigenvalue weighted by atomic mass is 10.4. The Kier molecular flexibility index (Phi) is 6.26. The Labute approximate surface area is 96.4 Å². The fraction of sp³-hybridized carbons (Fsp3) is 0.875. The molecule has 0 aromatic rings. The van der Waals surface area contributed by atoms with Crippen molar-refractivity contribution in [2.24, 2.45) is 5.73 Å². The lowest BCUT2D eigenvalue weighted by Gasteiger charge is -2.15. The highest BCUT2D eigenvalue weighted by Gasteiger charge is 2.23. The molecular weight excluding hydrogens is 236 g/mol. The summed E-state index contributed by atoms with van der Waals surface area (Å²) in [6, 6.07) is 0. The quantitative estimate of drug-likeness (QED) is 0.625. The summed E-state index contributed by atoms with van der Waals surface area (Å²) in [5.41, 5.74) is 5.27. The Morgan fingerprint density at radius 2 is 2.07 bits per heavy atom. The molecule has 0 saturated carbocycles. The van der Waals surface area contributed by atoms with E-state index >= 15 is 0 Å². The number of hydrogen-bond acceptors (Lipinski definition) is 4. The molecule has 2 atom stereocenters. The van der Waals surface area contributed by atoms with Crippen LogP contribution in [0.25, 0.3) is 0 Å². The number of rotatable bonds is 7. The molecule has 0 aliphatic heterocycles. The van der Waals surface area contributed by atoms with Crippen LogP contribution in [0.4, 0.5) is 0 Å². The predicted molar refractivity (Wildman–Crippen MR) is 64.3 cm³/mol. The molecule has 90 valence electrons. The summed E-state index contributed by atoms with van der Waals surface area (Å²) in [6.45, 7) is 5.87. The zero-order valence-corrected chi connectivity index (χ0v) is 10.8. The van der Waals surface area contributed by atoms with Crippen molar-refractivity contribution in [2.75, 3.05) is 13.2 Å². The van der Waals surface area contributed by atoms with E-state index in [0.29, 0.717) is 6.61 Å². The minimum absolute atomic E-state index is 0.0356. The number of nitrogens with two attached hydrogens (primary N) is 1. The van der Waals surface area contributed by atoms with E-state index in [1.807, 2.05) is 6.92 Å². The average molecular weight is 254 g/mol. The van der Waals surface area contributed by atoms with Crippen LogP contribution in [0.1, 0.15) is 20.8 Å². The second-order valence-corrected chi connectivity index (χ2v) is 5.76. The Balaban J connectivity index is 4.22. The third-order valence-electron chi connectivity index (χ3n) is 1.89. The van der Waals surface area contributed by atoms with Gasteiger partial charge in [0.05, 0.1) is 11.1 Å². The van der Waals surface area contributed by atoms with E-state index in [0.717, 1.165) is 0 Å². The van der Waals surface area contributed by atoms with E-state index in [-0.39, 0.29) is 17.6 Å². The molecule has 0 fully saturated rings. The summed E-state index contributed by atoms with van der Waals surface area (Å²) in [6.07, 6.45) is -0.164. The first kappa shape index (κ1) is 14.8. The van der Waals surface area contributed by atoms with Crippen molar-refractivity contribution in [2.45, 2.75) is 32.1 Å². The lowest BCUT2D eigenvalue weighted by Crippen LogP contribution is -2.42. The van der Waals surface area contributed by atoms with Gasteiger partial charge in [-0.2, -0.15) is 0 Å². The first-order valence-electron chi connectivity index (χ1n) is 4.70. The van der Waals surface area contributed by atoms with E-state index in [2.05, 4.69) is 16.9 Å². The van der Waals surface area contributed by atoms with Crippen LogP contribution in [0.15, 0.2) is 0 Å². The lowest BCUT2D eigenvalue weighted by molar-refractivity contribution is 0.0799. The predicted octanol–water partition coefficient (Wildman–Crippen LogP) is 0.00540. The third kappa shape index (κ3) is 5.41. The van der Waals surface area contributed by atoms with Gasteiger partial charge in [-0.3, -0.25) is 0 Å². The van der Waals surface area contributed by atoms with Gasteiger partial charge in [-0.25, -0.2) is 13.1 Å².